The van der Waals surface area contributed by atoms with Crippen molar-refractivity contribution in [2.45, 2.75) is 25.3 Å². The van der Waals surface area contributed by atoms with Gasteiger partial charge in [-0.05, 0) is 18.4 Å². The Morgan fingerprint density at radius 3 is 2.58 bits per heavy atom. The molecule has 1 saturated heterocycles. The van der Waals surface area contributed by atoms with Gasteiger partial charge in [0.25, 0.3) is 5.91 Å². The minimum Gasteiger partial charge on any atom is -0.334 e. The van der Waals surface area contributed by atoms with Crippen molar-refractivity contribution in [3.8, 4) is 0 Å². The van der Waals surface area contributed by atoms with Crippen LogP contribution in [0, 0.1) is 0 Å². The Morgan fingerprint density at radius 2 is 1.85 bits per heavy atom. The summed E-state index contributed by atoms with van der Waals surface area (Å²) in [5.74, 6) is 1.39. The summed E-state index contributed by atoms with van der Waals surface area (Å²) in [4.78, 5) is 17.8. The topological polar surface area (TPSA) is 66.6 Å². The molecule has 1 saturated carbocycles. The normalized spacial score (nSPS) is 18.5. The number of piperazine rings is 1. The molecule has 0 spiro atoms. The van der Waals surface area contributed by atoms with E-state index in [1.165, 1.54) is 16.9 Å². The molecular weight excluding hydrogens is 348 g/mol. The van der Waals surface area contributed by atoms with E-state index in [1.807, 2.05) is 11.0 Å². The largest absolute Gasteiger partial charge is 0.334 e. The first-order valence-corrected chi connectivity index (χ1v) is 9.87. The molecule has 1 aromatic carbocycles. The molecule has 1 aliphatic heterocycles. The summed E-state index contributed by atoms with van der Waals surface area (Å²) in [5.41, 5.74) is 1.31. The molecule has 3 heterocycles. The van der Waals surface area contributed by atoms with E-state index in [1.54, 1.807) is 4.52 Å². The maximum absolute atomic E-state index is 12.8. The van der Waals surface area contributed by atoms with Crippen LogP contribution in [0.15, 0.2) is 30.3 Å². The summed E-state index contributed by atoms with van der Waals surface area (Å²) >= 11 is 1.34. The van der Waals surface area contributed by atoms with Gasteiger partial charge in [-0.25, -0.2) is 0 Å². The summed E-state index contributed by atoms with van der Waals surface area (Å²) in [6.07, 6.45) is 2.29. The van der Waals surface area contributed by atoms with E-state index < -0.39 is 0 Å². The molecule has 8 heteroatoms. The average molecular weight is 368 g/mol. The van der Waals surface area contributed by atoms with Crippen molar-refractivity contribution in [3.05, 3.63) is 46.7 Å². The standard InChI is InChI=1S/C18H20N6OS/c25-17(16-21-24-15(14-6-7-14)19-20-18(24)26-16)23-10-8-22(9-11-23)12-13-4-2-1-3-5-13/h1-5,14H,6-12H2. The minimum atomic E-state index is 0.0154. The average Bonchev–Trinajstić information content (AvgIpc) is 3.30. The van der Waals surface area contributed by atoms with Crippen molar-refractivity contribution < 1.29 is 4.79 Å². The van der Waals surface area contributed by atoms with Gasteiger partial charge in [-0.15, -0.1) is 15.3 Å². The highest BCUT2D eigenvalue weighted by Crippen LogP contribution is 2.39. The number of fused-ring (bicyclic) bond motifs is 1. The Labute approximate surface area is 155 Å². The molecule has 2 aromatic heterocycles. The fourth-order valence-electron chi connectivity index (χ4n) is 3.40. The summed E-state index contributed by atoms with van der Waals surface area (Å²) in [7, 11) is 0. The number of amides is 1. The van der Waals surface area contributed by atoms with Crippen LogP contribution in [0.3, 0.4) is 0 Å². The van der Waals surface area contributed by atoms with Crippen LogP contribution in [0.2, 0.25) is 0 Å². The lowest BCUT2D eigenvalue weighted by Gasteiger charge is -2.34. The number of carbonyl (C=O) groups is 1. The first-order chi connectivity index (χ1) is 12.8. The summed E-state index contributed by atoms with van der Waals surface area (Å²) < 4.78 is 1.77. The molecule has 2 aliphatic rings. The molecule has 134 valence electrons. The molecule has 0 atom stereocenters. The Kier molecular flexibility index (Phi) is 3.94. The van der Waals surface area contributed by atoms with Gasteiger partial charge in [-0.1, -0.05) is 41.7 Å². The SMILES string of the molecule is O=C(c1nn2c(C3CC3)nnc2s1)N1CCN(Cc2ccccc2)CC1. The lowest BCUT2D eigenvalue weighted by molar-refractivity contribution is 0.0627. The Morgan fingerprint density at radius 1 is 1.08 bits per heavy atom. The zero-order valence-electron chi connectivity index (χ0n) is 14.4. The first-order valence-electron chi connectivity index (χ1n) is 9.05. The molecule has 0 N–H and O–H groups in total. The first kappa shape index (κ1) is 15.9. The van der Waals surface area contributed by atoms with Gasteiger partial charge in [0.2, 0.25) is 9.97 Å². The van der Waals surface area contributed by atoms with Gasteiger partial charge < -0.3 is 4.90 Å². The number of nitrogens with zero attached hydrogens (tertiary/aromatic N) is 6. The van der Waals surface area contributed by atoms with Crippen LogP contribution < -0.4 is 0 Å². The third kappa shape index (κ3) is 2.99. The number of rotatable bonds is 4. The molecule has 2 fully saturated rings. The second-order valence-electron chi connectivity index (χ2n) is 6.99. The van der Waals surface area contributed by atoms with Gasteiger partial charge in [0.1, 0.15) is 0 Å². The maximum Gasteiger partial charge on any atom is 0.284 e. The zero-order valence-corrected chi connectivity index (χ0v) is 15.2. The van der Waals surface area contributed by atoms with E-state index in [0.717, 1.165) is 56.4 Å². The smallest absolute Gasteiger partial charge is 0.284 e. The molecular formula is C18H20N6OS. The Hall–Kier alpha value is -2.32. The van der Waals surface area contributed by atoms with E-state index in [9.17, 15) is 4.79 Å². The highest BCUT2D eigenvalue weighted by Gasteiger charge is 2.31. The van der Waals surface area contributed by atoms with Crippen LogP contribution in [0.5, 0.6) is 0 Å². The molecule has 5 rings (SSSR count). The molecule has 1 aliphatic carbocycles. The molecule has 0 radical (unpaired) electrons. The van der Waals surface area contributed by atoms with Crippen molar-refractivity contribution in [2.24, 2.45) is 0 Å². The highest BCUT2D eigenvalue weighted by molar-refractivity contribution is 7.18. The predicted molar refractivity (Wildman–Crippen MR) is 98.3 cm³/mol. The van der Waals surface area contributed by atoms with Crippen molar-refractivity contribution in [1.82, 2.24) is 29.6 Å². The number of hydrogen-bond donors (Lipinski definition) is 0. The third-order valence-electron chi connectivity index (χ3n) is 5.05. The summed E-state index contributed by atoms with van der Waals surface area (Å²) in [6, 6.07) is 10.5. The minimum absolute atomic E-state index is 0.0154. The van der Waals surface area contributed by atoms with E-state index in [2.05, 4.69) is 44.5 Å². The van der Waals surface area contributed by atoms with Crippen molar-refractivity contribution in [2.75, 3.05) is 26.2 Å². The molecule has 1 amide bonds. The van der Waals surface area contributed by atoms with Crippen LogP contribution in [0.25, 0.3) is 4.96 Å². The van der Waals surface area contributed by atoms with Crippen LogP contribution in [0.1, 0.15) is 39.9 Å². The lowest BCUT2D eigenvalue weighted by atomic mass is 10.2. The molecule has 26 heavy (non-hydrogen) atoms. The number of aromatic nitrogens is 4. The fourth-order valence-corrected chi connectivity index (χ4v) is 4.21. The lowest BCUT2D eigenvalue weighted by Crippen LogP contribution is -2.48. The quantitative estimate of drug-likeness (QED) is 0.705. The van der Waals surface area contributed by atoms with Gasteiger partial charge >= 0.3 is 0 Å². The van der Waals surface area contributed by atoms with Crippen LogP contribution in [-0.4, -0.2) is 61.7 Å². The van der Waals surface area contributed by atoms with Crippen molar-refractivity contribution in [1.29, 1.82) is 0 Å². The Balaban J connectivity index is 1.24. The fraction of sp³-hybridized carbons (Fsp3) is 0.444. The number of benzene rings is 1. The van der Waals surface area contributed by atoms with Gasteiger partial charge in [0.15, 0.2) is 5.82 Å². The van der Waals surface area contributed by atoms with Crippen molar-refractivity contribution >= 4 is 22.2 Å². The molecule has 0 bridgehead atoms. The highest BCUT2D eigenvalue weighted by atomic mass is 32.1. The van der Waals surface area contributed by atoms with E-state index >= 15 is 0 Å². The van der Waals surface area contributed by atoms with Crippen LogP contribution >= 0.6 is 11.3 Å². The number of hydrogen-bond acceptors (Lipinski definition) is 6. The summed E-state index contributed by atoms with van der Waals surface area (Å²) in [6.45, 7) is 4.18. The van der Waals surface area contributed by atoms with E-state index in [0.29, 0.717) is 10.9 Å². The van der Waals surface area contributed by atoms with E-state index in [-0.39, 0.29) is 5.91 Å². The molecule has 7 nitrogen and oxygen atoms in total. The zero-order chi connectivity index (χ0) is 17.5. The molecule has 0 unspecified atom stereocenters. The third-order valence-corrected chi connectivity index (χ3v) is 5.94. The predicted octanol–water partition coefficient (Wildman–Crippen LogP) is 2.02. The molecule has 3 aromatic rings. The van der Waals surface area contributed by atoms with Crippen LogP contribution in [0.4, 0.5) is 0 Å². The second kappa shape index (κ2) is 6.44. The monoisotopic (exact) mass is 368 g/mol. The van der Waals surface area contributed by atoms with Gasteiger partial charge in [0.05, 0.1) is 0 Å². The van der Waals surface area contributed by atoms with Crippen molar-refractivity contribution in [3.63, 3.8) is 0 Å². The number of carbonyl (C=O) groups excluding carboxylic acids is 1. The second-order valence-corrected chi connectivity index (χ2v) is 7.94. The van der Waals surface area contributed by atoms with Gasteiger partial charge in [-0.3, -0.25) is 9.69 Å². The van der Waals surface area contributed by atoms with Gasteiger partial charge in [-0.2, -0.15) is 4.52 Å². The summed E-state index contributed by atoms with van der Waals surface area (Å²) in [5, 5.41) is 13.4. The Bertz CT molecular complexity index is 924. The van der Waals surface area contributed by atoms with Crippen LogP contribution in [-0.2, 0) is 6.54 Å². The van der Waals surface area contributed by atoms with E-state index in [4.69, 9.17) is 0 Å². The van der Waals surface area contributed by atoms with Gasteiger partial charge in [0, 0.05) is 38.6 Å². The maximum atomic E-state index is 12.8.